The lowest BCUT2D eigenvalue weighted by Crippen LogP contribution is -3.00. The summed E-state index contributed by atoms with van der Waals surface area (Å²) >= 11 is 0. The van der Waals surface area contributed by atoms with Crippen LogP contribution in [0.2, 0.25) is 0 Å². The predicted molar refractivity (Wildman–Crippen MR) is 197 cm³/mol. The second-order valence-electron chi connectivity index (χ2n) is 11.8. The number of halogens is 2. The van der Waals surface area contributed by atoms with Crippen LogP contribution in [-0.2, 0) is 0 Å². The van der Waals surface area contributed by atoms with Crippen molar-refractivity contribution in [1.82, 2.24) is 0 Å². The van der Waals surface area contributed by atoms with Gasteiger partial charge in [0.25, 0.3) is 0 Å². The van der Waals surface area contributed by atoms with E-state index in [0.717, 1.165) is 12.8 Å². The van der Waals surface area contributed by atoms with Crippen LogP contribution in [0.4, 0.5) is 0 Å². The first kappa shape index (κ1) is 38.3. The van der Waals surface area contributed by atoms with E-state index in [2.05, 4.69) is 146 Å². The molecular weight excluding hydrogens is 730 g/mol. The highest BCUT2D eigenvalue weighted by molar-refractivity contribution is 7.38. The normalized spacial score (nSPS) is 12.8. The van der Waals surface area contributed by atoms with Gasteiger partial charge in [0.15, 0.2) is 0 Å². The van der Waals surface area contributed by atoms with Crippen LogP contribution in [0.25, 0.3) is 0 Å². The molecule has 4 atom stereocenters. The van der Waals surface area contributed by atoms with Crippen LogP contribution < -0.4 is 45.4 Å². The molecule has 5 aromatic rings. The zero-order valence-corrected chi connectivity index (χ0v) is 32.0. The molecule has 242 valence electrons. The molecule has 46 heavy (non-hydrogen) atoms. The molecule has 0 spiro atoms. The van der Waals surface area contributed by atoms with Crippen LogP contribution in [0.15, 0.2) is 146 Å². The van der Waals surface area contributed by atoms with E-state index < -0.39 is 0 Å². The number of hydrogen-bond acceptors (Lipinski definition) is 2. The van der Waals surface area contributed by atoms with E-state index in [-0.39, 0.29) is 62.7 Å². The molecule has 0 heterocycles. The number of rotatable bonds is 16. The number of hydrogen-bond donors (Lipinski definition) is 2. The maximum atomic E-state index is 6.69. The van der Waals surface area contributed by atoms with E-state index in [0.29, 0.717) is 11.8 Å². The quantitative estimate of drug-likeness (QED) is 0.119. The first-order valence-corrected chi connectivity index (χ1v) is 19.1. The number of benzene rings is 5. The minimum absolute atomic E-state index is 0. The van der Waals surface area contributed by atoms with Crippen LogP contribution >= 0.6 is 17.2 Å². The summed E-state index contributed by atoms with van der Waals surface area (Å²) in [7, 11) is 0.301. The summed E-state index contributed by atoms with van der Waals surface area (Å²) < 4.78 is 0. The average Bonchev–Trinajstić information content (AvgIpc) is 3.09. The maximum absolute atomic E-state index is 6.69. The van der Waals surface area contributed by atoms with Gasteiger partial charge in [-0.2, -0.15) is 0 Å². The smallest absolute Gasteiger partial charge is 0.137 e. The van der Waals surface area contributed by atoms with Crippen molar-refractivity contribution in [3.63, 3.8) is 0 Å². The molecule has 0 aromatic heterocycles. The summed E-state index contributed by atoms with van der Waals surface area (Å²) in [6.07, 6.45) is 7.10. The van der Waals surface area contributed by atoms with Crippen molar-refractivity contribution in [2.75, 3.05) is 12.3 Å². The van der Waals surface area contributed by atoms with Crippen LogP contribution in [0, 0.1) is 0 Å². The fourth-order valence-corrected chi connectivity index (χ4v) is 8.89. The Labute approximate surface area is 301 Å². The third kappa shape index (κ3) is 11.5. The molecule has 0 saturated heterocycles. The van der Waals surface area contributed by atoms with Gasteiger partial charge in [0.05, 0.1) is 12.3 Å². The zero-order valence-electron chi connectivity index (χ0n) is 26.5. The highest BCUT2D eigenvalue weighted by Crippen LogP contribution is 2.37. The van der Waals surface area contributed by atoms with Crippen molar-refractivity contribution in [2.45, 2.75) is 49.1 Å². The molecule has 5 rings (SSSR count). The van der Waals surface area contributed by atoms with Gasteiger partial charge in [0.1, 0.15) is 11.6 Å². The maximum Gasteiger partial charge on any atom is 0.137 e. The summed E-state index contributed by atoms with van der Waals surface area (Å²) in [6.45, 7) is 0. The minimum Gasteiger partial charge on any atom is -1.00 e. The average molecular weight is 779 g/mol. The Hall–Kier alpha value is -2.16. The summed E-state index contributed by atoms with van der Waals surface area (Å²) in [5, 5.41) is 0. The van der Waals surface area contributed by atoms with Crippen molar-refractivity contribution in [3.8, 4) is 0 Å². The predicted octanol–water partition coefficient (Wildman–Crippen LogP) is 3.66. The summed E-state index contributed by atoms with van der Waals surface area (Å²) in [4.78, 5) is 0. The van der Waals surface area contributed by atoms with Crippen molar-refractivity contribution in [2.24, 2.45) is 11.5 Å². The summed E-state index contributed by atoms with van der Waals surface area (Å²) in [5.74, 6) is 1.18. The van der Waals surface area contributed by atoms with Crippen LogP contribution in [0.3, 0.4) is 0 Å². The molecule has 0 aliphatic rings. The van der Waals surface area contributed by atoms with E-state index in [4.69, 9.17) is 11.5 Å². The Kier molecular flexibility index (Phi) is 17.4. The Morgan fingerprint density at radius 1 is 0.370 bits per heavy atom. The minimum atomic E-state index is 0. The Bertz CT molecular complexity index is 1300. The molecule has 2 nitrogen and oxygen atoms in total. The van der Waals surface area contributed by atoms with E-state index in [1.165, 1.54) is 58.5 Å². The SMILES string of the molecule is NC([PH2+]CCCC(c1ccccc1)c1ccccc1)c1ccc(C(N)[PH2+]CCCC(c2ccccc2)c2ccccc2)cc1.[Br-].[Br-]. The fourth-order valence-electron chi connectivity index (χ4n) is 6.24. The summed E-state index contributed by atoms with van der Waals surface area (Å²) in [6, 6.07) is 52.6. The lowest BCUT2D eigenvalue weighted by atomic mass is 9.88. The molecule has 0 amide bonds. The van der Waals surface area contributed by atoms with Gasteiger partial charge in [-0.25, -0.2) is 0 Å². The monoisotopic (exact) mass is 776 g/mol. The fraction of sp³-hybridized carbons (Fsp3) is 0.250. The van der Waals surface area contributed by atoms with Gasteiger partial charge >= 0.3 is 0 Å². The Morgan fingerprint density at radius 2 is 0.630 bits per heavy atom. The lowest BCUT2D eigenvalue weighted by Gasteiger charge is -2.18. The van der Waals surface area contributed by atoms with Crippen LogP contribution in [-0.4, -0.2) is 12.3 Å². The van der Waals surface area contributed by atoms with E-state index in [1.54, 1.807) is 0 Å². The molecule has 4 N–H and O–H groups in total. The first-order valence-electron chi connectivity index (χ1n) is 16.2. The number of nitrogens with two attached hydrogens (primary N) is 2. The topological polar surface area (TPSA) is 52.0 Å². The molecule has 6 heteroatoms. The van der Waals surface area contributed by atoms with Gasteiger partial charge < -0.3 is 34.0 Å². The van der Waals surface area contributed by atoms with Gasteiger partial charge in [0.2, 0.25) is 0 Å². The molecule has 0 bridgehead atoms. The highest BCUT2D eigenvalue weighted by atomic mass is 79.9. The third-order valence-electron chi connectivity index (χ3n) is 8.75. The van der Waals surface area contributed by atoms with Crippen LogP contribution in [0.5, 0.6) is 0 Å². The Balaban J connectivity index is 0.00000288. The van der Waals surface area contributed by atoms with Gasteiger partial charge in [-0.15, -0.1) is 0 Å². The van der Waals surface area contributed by atoms with Crippen molar-refractivity contribution in [3.05, 3.63) is 179 Å². The second kappa shape index (κ2) is 20.9. The third-order valence-corrected chi connectivity index (χ3v) is 12.0. The molecular formula is C40H48Br2N2P2. The summed E-state index contributed by atoms with van der Waals surface area (Å²) in [5.41, 5.74) is 21.5. The lowest BCUT2D eigenvalue weighted by molar-refractivity contribution is -0.001000. The molecule has 0 saturated carbocycles. The zero-order chi connectivity index (χ0) is 30.4. The van der Waals surface area contributed by atoms with Gasteiger partial charge in [-0.05, 0) is 47.9 Å². The van der Waals surface area contributed by atoms with Gasteiger partial charge in [0, 0.05) is 40.1 Å². The molecule has 0 fully saturated rings. The van der Waals surface area contributed by atoms with E-state index in [9.17, 15) is 0 Å². The largest absolute Gasteiger partial charge is 1.00 e. The standard InChI is InChI=1S/C40H46N2P2.2BrH/c41-39(43-29-13-23-37(31-15-5-1-6-16-31)32-17-7-2-8-18-32)35-25-27-36(28-26-35)40(42)44-30-14-24-38(33-19-9-3-10-20-33)34-21-11-4-12-22-34;;/h1-12,15-22,25-28,37-40,43-44H,13-14,23-24,29-30,41-42H2;2*1H. The molecule has 5 aromatic carbocycles. The van der Waals surface area contributed by atoms with Crippen molar-refractivity contribution in [1.29, 1.82) is 0 Å². The van der Waals surface area contributed by atoms with Gasteiger partial charge in [-0.3, -0.25) is 11.5 Å². The highest BCUT2D eigenvalue weighted by Gasteiger charge is 2.19. The molecule has 4 unspecified atom stereocenters. The molecule has 0 aliphatic carbocycles. The second-order valence-corrected chi connectivity index (χ2v) is 15.3. The van der Waals surface area contributed by atoms with E-state index in [1.807, 2.05) is 0 Å². The molecule has 0 aliphatic heterocycles. The van der Waals surface area contributed by atoms with Gasteiger partial charge in [-0.1, -0.05) is 146 Å². The van der Waals surface area contributed by atoms with Crippen molar-refractivity contribution < 1.29 is 34.0 Å². The van der Waals surface area contributed by atoms with E-state index >= 15 is 0 Å². The van der Waals surface area contributed by atoms with Crippen molar-refractivity contribution >= 4 is 17.2 Å². The molecule has 0 radical (unpaired) electrons. The first-order chi connectivity index (χ1) is 21.7. The van der Waals surface area contributed by atoms with Crippen LogP contribution in [0.1, 0.15) is 82.5 Å². The Morgan fingerprint density at radius 3 is 0.891 bits per heavy atom.